The summed E-state index contributed by atoms with van der Waals surface area (Å²) >= 11 is 5.96. The van der Waals surface area contributed by atoms with E-state index in [1.807, 2.05) is 12.1 Å². The van der Waals surface area contributed by atoms with Crippen LogP contribution in [-0.2, 0) is 30.4 Å². The summed E-state index contributed by atoms with van der Waals surface area (Å²) < 4.78 is 14.8. The van der Waals surface area contributed by atoms with Gasteiger partial charge in [0.15, 0.2) is 5.82 Å². The van der Waals surface area contributed by atoms with Crippen LogP contribution >= 0.6 is 11.6 Å². The molecule has 3 aromatic rings. The fraction of sp³-hybridized carbons (Fsp3) is 0.297. The van der Waals surface area contributed by atoms with E-state index in [0.29, 0.717) is 37.2 Å². The van der Waals surface area contributed by atoms with Crippen LogP contribution in [0.1, 0.15) is 64.3 Å². The van der Waals surface area contributed by atoms with Gasteiger partial charge in [-0.2, -0.15) is 0 Å². The van der Waals surface area contributed by atoms with Crippen LogP contribution in [0.3, 0.4) is 0 Å². The van der Waals surface area contributed by atoms with Crippen molar-refractivity contribution in [1.29, 1.82) is 0 Å². The quantitative estimate of drug-likeness (QED) is 0.236. The van der Waals surface area contributed by atoms with Gasteiger partial charge >= 0.3 is 11.9 Å². The molecule has 13 nitrogen and oxygen atoms in total. The highest BCUT2D eigenvalue weighted by molar-refractivity contribution is 6.31. The molecule has 3 aliphatic rings. The van der Waals surface area contributed by atoms with E-state index in [2.05, 4.69) is 10.5 Å². The Kier molecular flexibility index (Phi) is 10.7. The number of hydrogen-bond donors (Lipinski definition) is 4. The van der Waals surface area contributed by atoms with E-state index in [4.69, 9.17) is 27.3 Å². The van der Waals surface area contributed by atoms with Gasteiger partial charge in [-0.15, -0.1) is 0 Å². The topological polar surface area (TPSA) is 192 Å². The van der Waals surface area contributed by atoms with Crippen LogP contribution in [0.25, 0.3) is 5.57 Å². The maximum absolute atomic E-state index is 14.8. The third kappa shape index (κ3) is 7.53. The Labute approximate surface area is 302 Å². The number of anilines is 1. The number of benzene rings is 3. The number of nitrogens with one attached hydrogen (secondary N) is 1. The molecule has 3 amide bonds. The van der Waals surface area contributed by atoms with E-state index in [1.165, 1.54) is 41.3 Å². The fourth-order valence-electron chi connectivity index (χ4n) is 6.68. The van der Waals surface area contributed by atoms with Crippen molar-refractivity contribution in [2.24, 2.45) is 10.9 Å². The molecule has 1 unspecified atom stereocenters. The Bertz CT molecular complexity index is 2000. The largest absolute Gasteiger partial charge is 0.480 e. The first kappa shape index (κ1) is 36.2. The number of aliphatic carboxylic acids is 1. The highest BCUT2D eigenvalue weighted by Gasteiger charge is 2.42. The van der Waals surface area contributed by atoms with Gasteiger partial charge in [0.05, 0.1) is 16.3 Å². The number of fused-ring (bicyclic) bond motifs is 1. The molecular formula is C37H35ClFN5O8. The van der Waals surface area contributed by atoms with Gasteiger partial charge in [0.1, 0.15) is 12.1 Å². The number of hydrogen-bond acceptors (Lipinski definition) is 8. The predicted octanol–water partition coefficient (Wildman–Crippen LogP) is 4.24. The Morgan fingerprint density at radius 1 is 1.00 bits per heavy atom. The minimum atomic E-state index is -1.16. The molecule has 270 valence electrons. The Morgan fingerprint density at radius 2 is 1.73 bits per heavy atom. The summed E-state index contributed by atoms with van der Waals surface area (Å²) in [5.74, 6) is -4.21. The number of carboxylic acid groups (broad SMARTS) is 2. The zero-order chi connectivity index (χ0) is 37.1. The summed E-state index contributed by atoms with van der Waals surface area (Å²) in [4.78, 5) is 72.0. The number of halogens is 2. The summed E-state index contributed by atoms with van der Waals surface area (Å²) in [7, 11) is 0. The van der Waals surface area contributed by atoms with Crippen LogP contribution in [0.15, 0.2) is 71.9 Å². The lowest BCUT2D eigenvalue weighted by atomic mass is 9.84. The van der Waals surface area contributed by atoms with E-state index in [0.717, 1.165) is 16.7 Å². The molecule has 52 heavy (non-hydrogen) atoms. The lowest BCUT2D eigenvalue weighted by Crippen LogP contribution is -2.49. The molecular weight excluding hydrogens is 697 g/mol. The number of aromatic carboxylic acids is 1. The SMILES string of the molecule is NC(CCC(=O)N1CC=C(c2cccc3c2CCN(C(=O)[C@H]2CC(c4cccc(Cl)c4F)=NO2)[C@@H]3C(=O)Nc2ccc(C(=O)O)cc2)CC1)C(=O)O. The number of carboxylic acids is 2. The smallest absolute Gasteiger partial charge is 0.335 e. The number of nitrogens with two attached hydrogens (primary N) is 1. The monoisotopic (exact) mass is 731 g/mol. The summed E-state index contributed by atoms with van der Waals surface area (Å²) in [6, 6.07) is 13.4. The van der Waals surface area contributed by atoms with Crippen LogP contribution in [0, 0.1) is 5.82 Å². The van der Waals surface area contributed by atoms with Crippen molar-refractivity contribution in [3.05, 3.63) is 105 Å². The van der Waals surface area contributed by atoms with Crippen LogP contribution in [0.2, 0.25) is 5.02 Å². The molecule has 0 spiro atoms. The van der Waals surface area contributed by atoms with Crippen LogP contribution in [0.5, 0.6) is 0 Å². The van der Waals surface area contributed by atoms with Crippen LogP contribution < -0.4 is 11.1 Å². The van der Waals surface area contributed by atoms with E-state index >= 15 is 0 Å². The first-order chi connectivity index (χ1) is 24.9. The van der Waals surface area contributed by atoms with Crippen molar-refractivity contribution in [3.8, 4) is 0 Å². The maximum Gasteiger partial charge on any atom is 0.335 e. The van der Waals surface area contributed by atoms with Gasteiger partial charge in [0.25, 0.3) is 11.8 Å². The second kappa shape index (κ2) is 15.3. The second-order valence-electron chi connectivity index (χ2n) is 12.7. The third-order valence-corrected chi connectivity index (χ3v) is 9.74. The zero-order valence-corrected chi connectivity index (χ0v) is 28.5. The highest BCUT2D eigenvalue weighted by atomic mass is 35.5. The zero-order valence-electron chi connectivity index (χ0n) is 27.8. The lowest BCUT2D eigenvalue weighted by Gasteiger charge is -2.38. The number of carbonyl (C=O) groups excluding carboxylic acids is 3. The molecule has 6 rings (SSSR count). The Hall–Kier alpha value is -5.60. The number of amides is 3. The molecule has 3 atom stereocenters. The number of nitrogens with zero attached hydrogens (tertiary/aromatic N) is 3. The molecule has 0 bridgehead atoms. The third-order valence-electron chi connectivity index (χ3n) is 9.45. The normalized spacial score (nSPS) is 18.8. The molecule has 0 saturated heterocycles. The van der Waals surface area contributed by atoms with Gasteiger partial charge in [-0.3, -0.25) is 19.2 Å². The van der Waals surface area contributed by atoms with Crippen LogP contribution in [-0.4, -0.2) is 87.2 Å². The van der Waals surface area contributed by atoms with E-state index < -0.39 is 47.8 Å². The van der Waals surface area contributed by atoms with Crippen molar-refractivity contribution in [2.45, 2.75) is 50.3 Å². The molecule has 3 heterocycles. The fourth-order valence-corrected chi connectivity index (χ4v) is 6.85. The Balaban J connectivity index is 1.26. The van der Waals surface area contributed by atoms with E-state index in [-0.39, 0.29) is 53.6 Å². The van der Waals surface area contributed by atoms with Gasteiger partial charge in [0, 0.05) is 43.7 Å². The predicted molar refractivity (Wildman–Crippen MR) is 188 cm³/mol. The lowest BCUT2D eigenvalue weighted by molar-refractivity contribution is -0.148. The minimum Gasteiger partial charge on any atom is -0.480 e. The van der Waals surface area contributed by atoms with Crippen molar-refractivity contribution in [3.63, 3.8) is 0 Å². The number of carbonyl (C=O) groups is 5. The molecule has 3 aromatic carbocycles. The van der Waals surface area contributed by atoms with Gasteiger partial charge < -0.3 is 35.9 Å². The average molecular weight is 732 g/mol. The van der Waals surface area contributed by atoms with Crippen molar-refractivity contribution in [2.75, 3.05) is 25.0 Å². The standard InChI is InChI=1S/C37H35ClFN5O8/c38-27-6-2-5-26(32(27)39)29-19-30(52-42-29)35(47)44-18-15-24-23(20-13-16-43(17-14-20)31(45)12-11-28(40)37(50)51)3-1-4-25(24)33(44)34(46)41-22-9-7-21(8-10-22)36(48)49/h1-10,13,28,30,33H,11-12,14-19,40H2,(H,41,46)(H,48,49)(H,50,51)/t28?,30-,33+/m1/s1. The molecule has 0 saturated carbocycles. The van der Waals surface area contributed by atoms with Gasteiger partial charge in [-0.25, -0.2) is 9.18 Å². The molecule has 0 radical (unpaired) electrons. The molecule has 0 aliphatic carbocycles. The summed E-state index contributed by atoms with van der Waals surface area (Å²) in [5.41, 5.74) is 9.54. The number of oxime groups is 1. The van der Waals surface area contributed by atoms with Gasteiger partial charge in [0.2, 0.25) is 12.0 Å². The summed E-state index contributed by atoms with van der Waals surface area (Å²) in [6.07, 6.45) is 1.72. The molecule has 0 fully saturated rings. The van der Waals surface area contributed by atoms with E-state index in [9.17, 15) is 33.5 Å². The van der Waals surface area contributed by atoms with Gasteiger partial charge in [-0.05, 0) is 77.9 Å². The number of rotatable bonds is 10. The molecule has 5 N–H and O–H groups in total. The minimum absolute atomic E-state index is 0.0162. The maximum atomic E-state index is 14.8. The van der Waals surface area contributed by atoms with Crippen molar-refractivity contribution in [1.82, 2.24) is 9.80 Å². The summed E-state index contributed by atoms with van der Waals surface area (Å²) in [6.45, 7) is 0.864. The first-order valence-corrected chi connectivity index (χ1v) is 17.0. The molecule has 0 aromatic heterocycles. The first-order valence-electron chi connectivity index (χ1n) is 16.6. The summed E-state index contributed by atoms with van der Waals surface area (Å²) in [5, 5.41) is 25.0. The van der Waals surface area contributed by atoms with E-state index in [1.54, 1.807) is 23.1 Å². The Morgan fingerprint density at radius 3 is 2.42 bits per heavy atom. The van der Waals surface area contributed by atoms with Gasteiger partial charge in [-0.1, -0.05) is 47.1 Å². The highest BCUT2D eigenvalue weighted by Crippen LogP contribution is 2.38. The second-order valence-corrected chi connectivity index (χ2v) is 13.1. The van der Waals surface area contributed by atoms with Crippen molar-refractivity contribution < 1.29 is 43.4 Å². The molecule has 15 heteroatoms. The average Bonchev–Trinajstić information content (AvgIpc) is 3.64. The van der Waals surface area contributed by atoms with Crippen molar-refractivity contribution >= 4 is 58.2 Å². The van der Waals surface area contributed by atoms with Crippen LogP contribution in [0.4, 0.5) is 10.1 Å². The molecule has 3 aliphatic heterocycles.